The molecule has 28 heavy (non-hydrogen) atoms. The summed E-state index contributed by atoms with van der Waals surface area (Å²) in [6.07, 6.45) is 1.94. The molecule has 6 heteroatoms. The van der Waals surface area contributed by atoms with Crippen LogP contribution >= 0.6 is 22.9 Å². The average Bonchev–Trinajstić information content (AvgIpc) is 3.29. The first-order chi connectivity index (χ1) is 13.5. The summed E-state index contributed by atoms with van der Waals surface area (Å²) in [5.74, 6) is 1.91. The molecule has 1 aliphatic rings. The summed E-state index contributed by atoms with van der Waals surface area (Å²) in [6.45, 7) is 8.39. The van der Waals surface area contributed by atoms with Gasteiger partial charge in [-0.2, -0.15) is 0 Å². The lowest BCUT2D eigenvalue weighted by molar-refractivity contribution is 0.146. The van der Waals surface area contributed by atoms with Gasteiger partial charge in [0.05, 0.1) is 16.8 Å². The number of aliphatic hydroxyl groups excluding tert-OH is 1. The highest BCUT2D eigenvalue weighted by Gasteiger charge is 2.32. The highest BCUT2D eigenvalue weighted by Crippen LogP contribution is 2.42. The van der Waals surface area contributed by atoms with Crippen LogP contribution in [0.4, 0.5) is 0 Å². The Labute approximate surface area is 174 Å². The molecule has 1 fully saturated rings. The third-order valence-corrected chi connectivity index (χ3v) is 6.84. The normalized spacial score (nSPS) is 19.6. The Morgan fingerprint density at radius 1 is 1.29 bits per heavy atom. The van der Waals surface area contributed by atoms with Gasteiger partial charge in [0.15, 0.2) is 0 Å². The van der Waals surface area contributed by atoms with E-state index in [1.807, 2.05) is 31.2 Å². The van der Waals surface area contributed by atoms with Crippen molar-refractivity contribution in [1.29, 1.82) is 0 Å². The van der Waals surface area contributed by atoms with E-state index in [9.17, 15) is 5.11 Å². The third kappa shape index (κ3) is 3.64. The van der Waals surface area contributed by atoms with Crippen molar-refractivity contribution in [3.63, 3.8) is 0 Å². The number of aromatic nitrogens is 1. The number of benzene rings is 1. The maximum absolute atomic E-state index is 9.54. The van der Waals surface area contributed by atoms with Gasteiger partial charge in [-0.15, -0.1) is 11.3 Å². The van der Waals surface area contributed by atoms with E-state index in [1.165, 1.54) is 0 Å². The van der Waals surface area contributed by atoms with Crippen LogP contribution in [0.25, 0.3) is 21.3 Å². The Bertz CT molecular complexity index is 1000. The first-order valence-corrected chi connectivity index (χ1v) is 10.8. The van der Waals surface area contributed by atoms with Gasteiger partial charge in [0.1, 0.15) is 11.9 Å². The molecule has 4 rings (SSSR count). The topological polar surface area (TPSA) is 54.4 Å². The summed E-state index contributed by atoms with van der Waals surface area (Å²) in [5, 5.41) is 13.7. The number of thiophene rings is 1. The van der Waals surface area contributed by atoms with Gasteiger partial charge in [-0.05, 0) is 42.7 Å². The van der Waals surface area contributed by atoms with Gasteiger partial charge in [-0.1, -0.05) is 25.4 Å². The number of fused-ring (bicyclic) bond motifs is 1. The molecule has 0 saturated carbocycles. The molecule has 0 unspecified atom stereocenters. The maximum Gasteiger partial charge on any atom is 0.130 e. The molecule has 1 aliphatic heterocycles. The molecule has 4 nitrogen and oxygen atoms in total. The fraction of sp³-hybridized carbons (Fsp3) is 0.409. The first kappa shape index (κ1) is 19.6. The molecule has 0 bridgehead atoms. The zero-order valence-corrected chi connectivity index (χ0v) is 17.9. The van der Waals surface area contributed by atoms with E-state index in [4.69, 9.17) is 16.3 Å². The fourth-order valence-corrected chi connectivity index (χ4v) is 5.26. The van der Waals surface area contributed by atoms with E-state index in [2.05, 4.69) is 24.1 Å². The number of aliphatic hydroxyl groups is 1. The lowest BCUT2D eigenvalue weighted by Gasteiger charge is -2.26. The molecule has 148 valence electrons. The second-order valence-corrected chi connectivity index (χ2v) is 9.34. The number of ether oxygens (including phenoxy) is 1. The molecule has 0 spiro atoms. The van der Waals surface area contributed by atoms with Crippen LogP contribution in [0.5, 0.6) is 5.75 Å². The minimum absolute atomic E-state index is 0.0161. The maximum atomic E-state index is 9.54. The van der Waals surface area contributed by atoms with Gasteiger partial charge in [-0.25, -0.2) is 0 Å². The molecule has 0 amide bonds. The molecule has 3 heterocycles. The molecule has 2 N–H and O–H groups in total. The van der Waals surface area contributed by atoms with Gasteiger partial charge in [-0.3, -0.25) is 4.98 Å². The minimum Gasteiger partial charge on any atom is -0.488 e. The van der Waals surface area contributed by atoms with Crippen LogP contribution in [-0.2, 0) is 6.61 Å². The number of halogens is 1. The smallest absolute Gasteiger partial charge is 0.130 e. The predicted molar refractivity (Wildman–Crippen MR) is 116 cm³/mol. The minimum atomic E-state index is 0.0161. The summed E-state index contributed by atoms with van der Waals surface area (Å²) in [6, 6.07) is 7.88. The van der Waals surface area contributed by atoms with Crippen LogP contribution in [0.2, 0.25) is 5.02 Å². The van der Waals surface area contributed by atoms with Crippen molar-refractivity contribution in [2.24, 2.45) is 11.8 Å². The van der Waals surface area contributed by atoms with Crippen molar-refractivity contribution in [3.8, 4) is 16.9 Å². The Morgan fingerprint density at radius 2 is 2.11 bits per heavy atom. The molecule has 1 saturated heterocycles. The standard InChI is InChI=1S/C22H25ClN2O2S/c1-12(2)18-9-24-10-20(18)27-21-13(3)6-14(23)7-17(21)16-4-5-25-19-8-15(11-26)28-22(16)19/h4-8,12,18,20,24,26H,9-11H2,1-3H3/t18-,20-/m1/s1. The number of pyridine rings is 1. The lowest BCUT2D eigenvalue weighted by atomic mass is 9.92. The number of hydrogen-bond donors (Lipinski definition) is 2. The Balaban J connectivity index is 1.83. The SMILES string of the molecule is Cc1cc(Cl)cc(-c2ccnc3cc(CO)sc23)c1O[C@@H]1CNC[C@@H]1C(C)C. The number of aryl methyl sites for hydroxylation is 1. The monoisotopic (exact) mass is 416 g/mol. The summed E-state index contributed by atoms with van der Waals surface area (Å²) in [4.78, 5) is 5.36. The summed E-state index contributed by atoms with van der Waals surface area (Å²) >= 11 is 8.00. The zero-order chi connectivity index (χ0) is 19.8. The van der Waals surface area contributed by atoms with Crippen molar-refractivity contribution in [2.45, 2.75) is 33.5 Å². The molecule has 1 aromatic carbocycles. The molecular formula is C22H25ClN2O2S. The van der Waals surface area contributed by atoms with E-state index in [0.717, 1.165) is 50.6 Å². The highest BCUT2D eigenvalue weighted by atomic mass is 35.5. The number of rotatable bonds is 5. The number of nitrogens with one attached hydrogen (secondary N) is 1. The van der Waals surface area contributed by atoms with E-state index in [-0.39, 0.29) is 12.7 Å². The van der Waals surface area contributed by atoms with Crippen LogP contribution in [0.1, 0.15) is 24.3 Å². The highest BCUT2D eigenvalue weighted by molar-refractivity contribution is 7.19. The zero-order valence-electron chi connectivity index (χ0n) is 16.3. The Morgan fingerprint density at radius 3 is 2.86 bits per heavy atom. The van der Waals surface area contributed by atoms with Gasteiger partial charge in [0.25, 0.3) is 0 Å². The van der Waals surface area contributed by atoms with E-state index in [1.54, 1.807) is 17.5 Å². The van der Waals surface area contributed by atoms with Crippen LogP contribution in [0.3, 0.4) is 0 Å². The van der Waals surface area contributed by atoms with Gasteiger partial charge in [0, 0.05) is 46.2 Å². The van der Waals surface area contributed by atoms with Crippen LogP contribution in [-0.4, -0.2) is 29.3 Å². The van der Waals surface area contributed by atoms with Crippen molar-refractivity contribution in [1.82, 2.24) is 10.3 Å². The first-order valence-electron chi connectivity index (χ1n) is 9.64. The van der Waals surface area contributed by atoms with Gasteiger partial charge >= 0.3 is 0 Å². The van der Waals surface area contributed by atoms with Gasteiger partial charge in [0.2, 0.25) is 0 Å². The largest absolute Gasteiger partial charge is 0.488 e. The van der Waals surface area contributed by atoms with Crippen molar-refractivity contribution >= 4 is 33.2 Å². The van der Waals surface area contributed by atoms with Crippen LogP contribution in [0, 0.1) is 18.8 Å². The van der Waals surface area contributed by atoms with E-state index < -0.39 is 0 Å². The van der Waals surface area contributed by atoms with Crippen LogP contribution in [0.15, 0.2) is 30.5 Å². The molecule has 2 atom stereocenters. The molecule has 0 aliphatic carbocycles. The predicted octanol–water partition coefficient (Wildman–Crippen LogP) is 5.04. The third-order valence-electron chi connectivity index (χ3n) is 5.48. The molecule has 2 aromatic heterocycles. The summed E-state index contributed by atoms with van der Waals surface area (Å²) in [7, 11) is 0. The molecular weight excluding hydrogens is 392 g/mol. The van der Waals surface area contributed by atoms with Gasteiger partial charge < -0.3 is 15.2 Å². The summed E-state index contributed by atoms with van der Waals surface area (Å²) < 4.78 is 7.66. The van der Waals surface area contributed by atoms with Crippen molar-refractivity contribution in [3.05, 3.63) is 45.9 Å². The van der Waals surface area contributed by atoms with E-state index >= 15 is 0 Å². The average molecular weight is 417 g/mol. The van der Waals surface area contributed by atoms with E-state index in [0.29, 0.717) is 16.9 Å². The fourth-order valence-electron chi connectivity index (χ4n) is 3.98. The lowest BCUT2D eigenvalue weighted by Crippen LogP contribution is -2.29. The summed E-state index contributed by atoms with van der Waals surface area (Å²) in [5.41, 5.74) is 3.94. The second-order valence-electron chi connectivity index (χ2n) is 7.77. The Hall–Kier alpha value is -1.66. The van der Waals surface area contributed by atoms with Crippen molar-refractivity contribution < 1.29 is 9.84 Å². The second kappa shape index (κ2) is 7.99. The molecule has 3 aromatic rings. The quantitative estimate of drug-likeness (QED) is 0.611. The molecule has 0 radical (unpaired) electrons. The van der Waals surface area contributed by atoms with Crippen molar-refractivity contribution in [2.75, 3.05) is 13.1 Å². The Kier molecular flexibility index (Phi) is 5.61. The van der Waals surface area contributed by atoms with Crippen LogP contribution < -0.4 is 10.1 Å². The number of nitrogens with zero attached hydrogens (tertiary/aromatic N) is 1. The number of hydrogen-bond acceptors (Lipinski definition) is 5.